The average Bonchev–Trinajstić information content (AvgIpc) is 3.31. The number of hydrogen-bond donors (Lipinski definition) is 2. The Morgan fingerprint density at radius 3 is 2.67 bits per heavy atom. The molecular weight excluding hydrogens is 416 g/mol. The number of aromatic nitrogens is 4. The fraction of sp³-hybridized carbons (Fsp3) is 0.227. The first-order valence-corrected chi connectivity index (χ1v) is 11.1. The highest BCUT2D eigenvalue weighted by Crippen LogP contribution is 2.43. The standard InChI is InChI=1S/C22H21ClN6S/c1-24-18-11-10-13(12-26-18)19-14-6-5-8-16-21(30-22(25-2)27-16)20(14)29(28-19)17-9-4-3-7-15(17)23/h3-4,7,9-12H,5-6,8H2,1-2H3,(H,24,26)(H,25,27). The second-order valence-electron chi connectivity index (χ2n) is 7.12. The summed E-state index contributed by atoms with van der Waals surface area (Å²) < 4.78 is 1.99. The summed E-state index contributed by atoms with van der Waals surface area (Å²) in [5.74, 6) is 0.832. The van der Waals surface area contributed by atoms with Crippen molar-refractivity contribution in [1.29, 1.82) is 0 Å². The molecule has 0 fully saturated rings. The third kappa shape index (κ3) is 3.14. The van der Waals surface area contributed by atoms with Gasteiger partial charge in [-0.05, 0) is 43.5 Å². The molecule has 0 unspecified atom stereocenters. The van der Waals surface area contributed by atoms with Crippen LogP contribution >= 0.6 is 22.9 Å². The van der Waals surface area contributed by atoms with Crippen LogP contribution in [0.25, 0.3) is 27.5 Å². The van der Waals surface area contributed by atoms with Gasteiger partial charge >= 0.3 is 0 Å². The van der Waals surface area contributed by atoms with Crippen LogP contribution in [0.15, 0.2) is 42.6 Å². The molecule has 3 heterocycles. The molecule has 0 bridgehead atoms. The minimum Gasteiger partial charge on any atom is -0.373 e. The van der Waals surface area contributed by atoms with E-state index in [0.29, 0.717) is 5.02 Å². The molecule has 4 aromatic rings. The SMILES string of the molecule is CNc1ccc(-c2nn(-c3ccccc3Cl)c3c2CCCc2nc(NC)sc2-3)cn1. The first-order valence-electron chi connectivity index (χ1n) is 9.88. The molecule has 0 amide bonds. The normalized spacial score (nSPS) is 12.8. The molecule has 0 atom stereocenters. The number of para-hydroxylation sites is 1. The topological polar surface area (TPSA) is 67.7 Å². The Labute approximate surface area is 184 Å². The van der Waals surface area contributed by atoms with Crippen molar-refractivity contribution in [3.63, 3.8) is 0 Å². The third-order valence-corrected chi connectivity index (χ3v) is 6.77. The number of anilines is 2. The van der Waals surface area contributed by atoms with Gasteiger partial charge in [-0.1, -0.05) is 35.1 Å². The van der Waals surface area contributed by atoms with Gasteiger partial charge in [0.1, 0.15) is 5.82 Å². The maximum absolute atomic E-state index is 6.59. The largest absolute Gasteiger partial charge is 0.373 e. The monoisotopic (exact) mass is 436 g/mol. The summed E-state index contributed by atoms with van der Waals surface area (Å²) in [7, 11) is 3.77. The Morgan fingerprint density at radius 2 is 1.93 bits per heavy atom. The van der Waals surface area contributed by atoms with Crippen LogP contribution in [0.3, 0.4) is 0 Å². The minimum atomic E-state index is 0.669. The van der Waals surface area contributed by atoms with E-state index in [1.54, 1.807) is 11.3 Å². The van der Waals surface area contributed by atoms with Crippen molar-refractivity contribution in [2.75, 3.05) is 24.7 Å². The Kier molecular flexibility index (Phi) is 4.92. The number of halogens is 1. The number of nitrogens with zero attached hydrogens (tertiary/aromatic N) is 4. The molecule has 1 aliphatic rings. The highest BCUT2D eigenvalue weighted by molar-refractivity contribution is 7.19. The van der Waals surface area contributed by atoms with Crippen LogP contribution in [0.5, 0.6) is 0 Å². The first kappa shape index (κ1) is 19.1. The lowest BCUT2D eigenvalue weighted by Gasteiger charge is -2.09. The van der Waals surface area contributed by atoms with Gasteiger partial charge in [-0.3, -0.25) is 0 Å². The van der Waals surface area contributed by atoms with Crippen molar-refractivity contribution in [3.8, 4) is 27.5 Å². The van der Waals surface area contributed by atoms with Crippen molar-refractivity contribution in [1.82, 2.24) is 19.7 Å². The van der Waals surface area contributed by atoms with Crippen LogP contribution in [-0.4, -0.2) is 33.8 Å². The molecule has 0 spiro atoms. The van der Waals surface area contributed by atoms with Crippen LogP contribution in [0.4, 0.5) is 10.9 Å². The number of aryl methyl sites for hydroxylation is 1. The van der Waals surface area contributed by atoms with Gasteiger partial charge in [-0.25, -0.2) is 14.6 Å². The van der Waals surface area contributed by atoms with E-state index in [9.17, 15) is 0 Å². The molecule has 1 aromatic carbocycles. The number of nitrogens with one attached hydrogen (secondary N) is 2. The molecule has 0 saturated carbocycles. The number of thiazole rings is 1. The summed E-state index contributed by atoms with van der Waals surface area (Å²) >= 11 is 8.26. The maximum atomic E-state index is 6.59. The van der Waals surface area contributed by atoms with Crippen LogP contribution in [0.2, 0.25) is 5.02 Å². The van der Waals surface area contributed by atoms with Crippen molar-refractivity contribution in [2.24, 2.45) is 0 Å². The third-order valence-electron chi connectivity index (χ3n) is 5.32. The number of rotatable bonds is 4. The zero-order valence-electron chi connectivity index (χ0n) is 16.7. The summed E-state index contributed by atoms with van der Waals surface area (Å²) in [6.07, 6.45) is 4.78. The fourth-order valence-corrected chi connectivity index (χ4v) is 5.12. The average molecular weight is 437 g/mol. The van der Waals surface area contributed by atoms with Gasteiger partial charge in [-0.15, -0.1) is 0 Å². The van der Waals surface area contributed by atoms with E-state index in [0.717, 1.165) is 63.4 Å². The fourth-order valence-electron chi connectivity index (χ4n) is 3.88. The van der Waals surface area contributed by atoms with Gasteiger partial charge in [0.05, 0.1) is 32.7 Å². The van der Waals surface area contributed by atoms with Gasteiger partial charge in [0.25, 0.3) is 0 Å². The van der Waals surface area contributed by atoms with E-state index in [1.807, 2.05) is 55.3 Å². The molecule has 2 N–H and O–H groups in total. The molecule has 0 saturated heterocycles. The molecule has 5 rings (SSSR count). The quantitative estimate of drug-likeness (QED) is 0.455. The molecule has 3 aromatic heterocycles. The molecule has 152 valence electrons. The number of hydrogen-bond acceptors (Lipinski definition) is 6. The van der Waals surface area contributed by atoms with E-state index in [1.165, 1.54) is 5.56 Å². The lowest BCUT2D eigenvalue weighted by atomic mass is 10.0. The Morgan fingerprint density at radius 1 is 1.07 bits per heavy atom. The molecule has 0 radical (unpaired) electrons. The van der Waals surface area contributed by atoms with Crippen molar-refractivity contribution in [2.45, 2.75) is 19.3 Å². The lowest BCUT2D eigenvalue weighted by Crippen LogP contribution is -2.00. The van der Waals surface area contributed by atoms with E-state index in [2.05, 4.69) is 21.7 Å². The van der Waals surface area contributed by atoms with Gasteiger partial charge in [0, 0.05) is 31.4 Å². The van der Waals surface area contributed by atoms with Gasteiger partial charge in [-0.2, -0.15) is 5.10 Å². The zero-order valence-corrected chi connectivity index (χ0v) is 18.3. The summed E-state index contributed by atoms with van der Waals surface area (Å²) in [5, 5.41) is 12.9. The van der Waals surface area contributed by atoms with Crippen LogP contribution in [-0.2, 0) is 12.8 Å². The molecule has 30 heavy (non-hydrogen) atoms. The second kappa shape index (κ2) is 7.74. The molecule has 1 aliphatic carbocycles. The van der Waals surface area contributed by atoms with Crippen molar-refractivity contribution < 1.29 is 0 Å². The van der Waals surface area contributed by atoms with Crippen molar-refractivity contribution in [3.05, 3.63) is 58.9 Å². The van der Waals surface area contributed by atoms with Gasteiger partial charge < -0.3 is 10.6 Å². The van der Waals surface area contributed by atoms with Gasteiger partial charge in [0.15, 0.2) is 5.13 Å². The second-order valence-corrected chi connectivity index (χ2v) is 8.53. The summed E-state index contributed by atoms with van der Waals surface area (Å²) in [5.41, 5.74) is 6.24. The summed E-state index contributed by atoms with van der Waals surface area (Å²) in [4.78, 5) is 10.5. The highest BCUT2D eigenvalue weighted by atomic mass is 35.5. The van der Waals surface area contributed by atoms with E-state index >= 15 is 0 Å². The summed E-state index contributed by atoms with van der Waals surface area (Å²) in [6.45, 7) is 0. The Bertz CT molecular complexity index is 1210. The van der Waals surface area contributed by atoms with Gasteiger partial charge in [0.2, 0.25) is 0 Å². The Hall–Kier alpha value is -2.90. The zero-order chi connectivity index (χ0) is 20.7. The van der Waals surface area contributed by atoms with Crippen LogP contribution < -0.4 is 10.6 Å². The van der Waals surface area contributed by atoms with E-state index in [4.69, 9.17) is 21.7 Å². The van der Waals surface area contributed by atoms with Crippen LogP contribution in [0, 0.1) is 0 Å². The molecule has 0 aliphatic heterocycles. The lowest BCUT2D eigenvalue weighted by molar-refractivity contribution is 0.818. The van der Waals surface area contributed by atoms with Crippen molar-refractivity contribution >= 4 is 33.9 Å². The first-order chi connectivity index (χ1) is 14.7. The molecule has 6 nitrogen and oxygen atoms in total. The smallest absolute Gasteiger partial charge is 0.183 e. The van der Waals surface area contributed by atoms with E-state index in [-0.39, 0.29) is 0 Å². The van der Waals surface area contributed by atoms with E-state index < -0.39 is 0 Å². The molecule has 8 heteroatoms. The minimum absolute atomic E-state index is 0.669. The number of fused-ring (bicyclic) bond motifs is 3. The summed E-state index contributed by atoms with van der Waals surface area (Å²) in [6, 6.07) is 11.9. The Balaban J connectivity index is 1.79. The highest BCUT2D eigenvalue weighted by Gasteiger charge is 2.28. The van der Waals surface area contributed by atoms with Crippen LogP contribution in [0.1, 0.15) is 17.7 Å². The predicted octanol–water partition coefficient (Wildman–Crippen LogP) is 5.28. The number of pyridine rings is 1. The number of benzene rings is 1. The maximum Gasteiger partial charge on any atom is 0.183 e. The predicted molar refractivity (Wildman–Crippen MR) is 124 cm³/mol. The molecular formula is C22H21ClN6S.